The highest BCUT2D eigenvalue weighted by Crippen LogP contribution is 2.07. The van der Waals surface area contributed by atoms with E-state index in [-0.39, 0.29) is 0 Å². The SMILES string of the molecule is O=C(O)CON=Cc1ccc(-n2ccnc2)cc1. The van der Waals surface area contributed by atoms with Gasteiger partial charge < -0.3 is 14.5 Å². The topological polar surface area (TPSA) is 76.7 Å². The average molecular weight is 245 g/mol. The summed E-state index contributed by atoms with van der Waals surface area (Å²) in [5, 5.41) is 11.9. The quantitative estimate of drug-likeness (QED) is 0.636. The van der Waals surface area contributed by atoms with Crippen LogP contribution in [0, 0.1) is 0 Å². The van der Waals surface area contributed by atoms with E-state index in [2.05, 4.69) is 15.0 Å². The molecular formula is C12H11N3O3. The van der Waals surface area contributed by atoms with Crippen molar-refractivity contribution in [2.24, 2.45) is 5.16 Å². The Hall–Kier alpha value is -2.63. The molecule has 0 saturated carbocycles. The van der Waals surface area contributed by atoms with Gasteiger partial charge in [-0.05, 0) is 17.7 Å². The number of imidazole rings is 1. The molecule has 2 aromatic rings. The molecule has 0 bridgehead atoms. The van der Waals surface area contributed by atoms with Gasteiger partial charge in [0.25, 0.3) is 0 Å². The minimum absolute atomic E-state index is 0.441. The molecule has 0 amide bonds. The van der Waals surface area contributed by atoms with Crippen LogP contribution in [-0.4, -0.2) is 33.4 Å². The summed E-state index contributed by atoms with van der Waals surface area (Å²) in [6.45, 7) is -0.441. The van der Waals surface area contributed by atoms with Gasteiger partial charge in [-0.1, -0.05) is 17.3 Å². The molecule has 1 N–H and O–H groups in total. The third-order valence-electron chi connectivity index (χ3n) is 2.16. The normalized spacial score (nSPS) is 10.7. The maximum absolute atomic E-state index is 10.2. The number of carbonyl (C=O) groups is 1. The molecule has 0 spiro atoms. The number of carboxylic acids is 1. The van der Waals surface area contributed by atoms with E-state index in [1.54, 1.807) is 12.5 Å². The number of benzene rings is 1. The first kappa shape index (κ1) is 11.8. The monoisotopic (exact) mass is 245 g/mol. The molecule has 0 atom stereocenters. The maximum atomic E-state index is 10.2. The third kappa shape index (κ3) is 3.18. The van der Waals surface area contributed by atoms with Crippen molar-refractivity contribution in [1.82, 2.24) is 9.55 Å². The molecule has 0 saturated heterocycles. The molecule has 18 heavy (non-hydrogen) atoms. The van der Waals surface area contributed by atoms with Gasteiger partial charge in [0.15, 0.2) is 0 Å². The van der Waals surface area contributed by atoms with Crippen molar-refractivity contribution in [1.29, 1.82) is 0 Å². The lowest BCUT2D eigenvalue weighted by molar-refractivity contribution is -0.142. The van der Waals surface area contributed by atoms with Crippen LogP contribution in [0.3, 0.4) is 0 Å². The maximum Gasteiger partial charge on any atom is 0.344 e. The summed E-state index contributed by atoms with van der Waals surface area (Å²) in [6.07, 6.45) is 6.72. The van der Waals surface area contributed by atoms with Crippen molar-refractivity contribution < 1.29 is 14.7 Å². The first-order valence-electron chi connectivity index (χ1n) is 5.21. The van der Waals surface area contributed by atoms with Gasteiger partial charge in [-0.2, -0.15) is 0 Å². The summed E-state index contributed by atoms with van der Waals surface area (Å²) in [5.74, 6) is -1.05. The molecule has 1 aromatic carbocycles. The highest BCUT2D eigenvalue weighted by atomic mass is 16.6. The summed E-state index contributed by atoms with van der Waals surface area (Å²) >= 11 is 0. The molecule has 0 aliphatic rings. The molecule has 92 valence electrons. The van der Waals surface area contributed by atoms with Crippen molar-refractivity contribution in [2.75, 3.05) is 6.61 Å². The molecule has 0 aliphatic heterocycles. The zero-order chi connectivity index (χ0) is 12.8. The standard InChI is InChI=1S/C12H11N3O3/c16-12(17)8-18-14-7-10-1-3-11(4-2-10)15-6-5-13-9-15/h1-7,9H,8H2,(H,16,17). The Morgan fingerprint density at radius 3 is 2.83 bits per heavy atom. The molecule has 0 unspecified atom stereocenters. The van der Waals surface area contributed by atoms with Crippen molar-refractivity contribution in [3.63, 3.8) is 0 Å². The fourth-order valence-electron chi connectivity index (χ4n) is 1.33. The molecule has 1 aromatic heterocycles. The molecule has 2 rings (SSSR count). The molecule has 1 heterocycles. The second-order valence-corrected chi connectivity index (χ2v) is 3.46. The van der Waals surface area contributed by atoms with E-state index in [1.807, 2.05) is 35.0 Å². The van der Waals surface area contributed by atoms with Gasteiger partial charge in [0.2, 0.25) is 6.61 Å². The summed E-state index contributed by atoms with van der Waals surface area (Å²) in [6, 6.07) is 7.51. The van der Waals surface area contributed by atoms with Crippen LogP contribution in [0.2, 0.25) is 0 Å². The Kier molecular flexibility index (Phi) is 3.70. The number of nitrogens with zero attached hydrogens (tertiary/aromatic N) is 3. The van der Waals surface area contributed by atoms with Crippen LogP contribution >= 0.6 is 0 Å². The third-order valence-corrected chi connectivity index (χ3v) is 2.16. The zero-order valence-electron chi connectivity index (χ0n) is 9.43. The van der Waals surface area contributed by atoms with Crippen LogP contribution in [0.1, 0.15) is 5.56 Å². The number of carboxylic acid groups (broad SMARTS) is 1. The average Bonchev–Trinajstić information content (AvgIpc) is 2.89. The fourth-order valence-corrected chi connectivity index (χ4v) is 1.33. The summed E-state index contributed by atoms with van der Waals surface area (Å²) in [7, 11) is 0. The first-order chi connectivity index (χ1) is 8.75. The summed E-state index contributed by atoms with van der Waals surface area (Å²) < 4.78 is 1.88. The first-order valence-corrected chi connectivity index (χ1v) is 5.21. The number of hydrogen-bond donors (Lipinski definition) is 1. The predicted octanol–water partition coefficient (Wildman–Crippen LogP) is 1.31. The van der Waals surface area contributed by atoms with E-state index in [0.29, 0.717) is 0 Å². The van der Waals surface area contributed by atoms with Gasteiger partial charge in [-0.25, -0.2) is 9.78 Å². The Balaban J connectivity index is 1.98. The van der Waals surface area contributed by atoms with Crippen LogP contribution < -0.4 is 0 Å². The van der Waals surface area contributed by atoms with E-state index in [0.717, 1.165) is 11.3 Å². The van der Waals surface area contributed by atoms with Gasteiger partial charge in [0.05, 0.1) is 12.5 Å². The van der Waals surface area contributed by atoms with E-state index >= 15 is 0 Å². The largest absolute Gasteiger partial charge is 0.479 e. The van der Waals surface area contributed by atoms with Gasteiger partial charge in [-0.15, -0.1) is 0 Å². The molecule has 0 aliphatic carbocycles. The van der Waals surface area contributed by atoms with E-state index in [9.17, 15) is 4.79 Å². The Labute approximate surface area is 103 Å². The Morgan fingerprint density at radius 2 is 2.22 bits per heavy atom. The van der Waals surface area contributed by atoms with E-state index in [1.165, 1.54) is 6.21 Å². The smallest absolute Gasteiger partial charge is 0.344 e. The van der Waals surface area contributed by atoms with Crippen molar-refractivity contribution >= 4 is 12.2 Å². The van der Waals surface area contributed by atoms with Crippen molar-refractivity contribution in [3.05, 3.63) is 48.5 Å². The minimum Gasteiger partial charge on any atom is -0.479 e. The highest BCUT2D eigenvalue weighted by molar-refractivity contribution is 5.79. The number of aliphatic carboxylic acids is 1. The van der Waals surface area contributed by atoms with Gasteiger partial charge in [-0.3, -0.25) is 0 Å². The highest BCUT2D eigenvalue weighted by Gasteiger charge is 1.96. The zero-order valence-corrected chi connectivity index (χ0v) is 9.43. The van der Waals surface area contributed by atoms with Crippen LogP contribution in [-0.2, 0) is 9.63 Å². The lowest BCUT2D eigenvalue weighted by Crippen LogP contribution is -2.03. The van der Waals surface area contributed by atoms with Crippen LogP contribution in [0.25, 0.3) is 5.69 Å². The second kappa shape index (κ2) is 5.62. The molecule has 6 heteroatoms. The van der Waals surface area contributed by atoms with Crippen LogP contribution in [0.15, 0.2) is 48.1 Å². The molecule has 0 fully saturated rings. The predicted molar refractivity (Wildman–Crippen MR) is 64.7 cm³/mol. The summed E-state index contributed by atoms with van der Waals surface area (Å²) in [4.78, 5) is 18.7. The van der Waals surface area contributed by atoms with E-state index < -0.39 is 12.6 Å². The Morgan fingerprint density at radius 1 is 1.44 bits per heavy atom. The number of aromatic nitrogens is 2. The molecule has 6 nitrogen and oxygen atoms in total. The lowest BCUT2D eigenvalue weighted by Gasteiger charge is -2.01. The van der Waals surface area contributed by atoms with Crippen LogP contribution in [0.4, 0.5) is 0 Å². The van der Waals surface area contributed by atoms with Crippen molar-refractivity contribution in [2.45, 2.75) is 0 Å². The molecule has 0 radical (unpaired) electrons. The molecular weight excluding hydrogens is 234 g/mol. The number of hydrogen-bond acceptors (Lipinski definition) is 4. The Bertz CT molecular complexity index is 532. The minimum atomic E-state index is -1.05. The lowest BCUT2D eigenvalue weighted by atomic mass is 10.2. The van der Waals surface area contributed by atoms with Gasteiger partial charge in [0, 0.05) is 18.1 Å². The number of rotatable bonds is 5. The van der Waals surface area contributed by atoms with Crippen molar-refractivity contribution in [3.8, 4) is 5.69 Å². The van der Waals surface area contributed by atoms with Gasteiger partial charge in [0.1, 0.15) is 0 Å². The van der Waals surface area contributed by atoms with Gasteiger partial charge >= 0.3 is 5.97 Å². The van der Waals surface area contributed by atoms with E-state index in [4.69, 9.17) is 5.11 Å². The fraction of sp³-hybridized carbons (Fsp3) is 0.0833. The van der Waals surface area contributed by atoms with Crippen LogP contribution in [0.5, 0.6) is 0 Å². The second-order valence-electron chi connectivity index (χ2n) is 3.46. The summed E-state index contributed by atoms with van der Waals surface area (Å²) in [5.41, 5.74) is 1.81. The number of oxime groups is 1.